The summed E-state index contributed by atoms with van der Waals surface area (Å²) < 4.78 is 5.41. The summed E-state index contributed by atoms with van der Waals surface area (Å²) in [4.78, 5) is 4.58. The Morgan fingerprint density at radius 1 is 1.35 bits per heavy atom. The summed E-state index contributed by atoms with van der Waals surface area (Å²) in [6, 6.07) is 8.91. The van der Waals surface area contributed by atoms with Crippen molar-refractivity contribution in [2.75, 3.05) is 6.54 Å². The van der Waals surface area contributed by atoms with Gasteiger partial charge in [0.25, 0.3) is 0 Å². The molecule has 0 amide bonds. The van der Waals surface area contributed by atoms with Crippen molar-refractivity contribution < 1.29 is 4.52 Å². The Labute approximate surface area is 119 Å². The fourth-order valence-corrected chi connectivity index (χ4v) is 2.84. The molecule has 106 valence electrons. The number of fused-ring (bicyclic) bond motifs is 1. The zero-order valence-corrected chi connectivity index (χ0v) is 12.1. The molecule has 1 N–H and O–H groups in total. The minimum Gasteiger partial charge on any atom is -0.339 e. The van der Waals surface area contributed by atoms with Crippen molar-refractivity contribution in [2.24, 2.45) is 0 Å². The molecule has 0 fully saturated rings. The van der Waals surface area contributed by atoms with E-state index in [1.807, 2.05) is 0 Å². The number of nitrogens with zero attached hydrogens (tertiary/aromatic N) is 2. The standard InChI is InChI=1S/C16H21N3O/c1-3-12(17-4-2)10-15-18-16(19-20-15)14-9-11-7-5-6-8-13(11)14/h5-8,12,14,17H,3-4,9-10H2,1-2H3. The Bertz CT molecular complexity index is 579. The maximum Gasteiger partial charge on any atom is 0.228 e. The van der Waals surface area contributed by atoms with Crippen LogP contribution in [0.15, 0.2) is 28.8 Å². The van der Waals surface area contributed by atoms with Crippen molar-refractivity contribution in [1.82, 2.24) is 15.5 Å². The van der Waals surface area contributed by atoms with E-state index in [0.717, 1.165) is 37.5 Å². The number of rotatable bonds is 6. The van der Waals surface area contributed by atoms with Crippen molar-refractivity contribution in [2.45, 2.75) is 45.1 Å². The summed E-state index contributed by atoms with van der Waals surface area (Å²) in [6.45, 7) is 5.26. The fourth-order valence-electron chi connectivity index (χ4n) is 2.84. The minimum atomic E-state index is 0.322. The van der Waals surface area contributed by atoms with Gasteiger partial charge in [0.2, 0.25) is 5.89 Å². The van der Waals surface area contributed by atoms with Gasteiger partial charge in [-0.3, -0.25) is 0 Å². The molecule has 2 atom stereocenters. The highest BCUT2D eigenvalue weighted by Crippen LogP contribution is 2.38. The van der Waals surface area contributed by atoms with Crippen LogP contribution in [0.2, 0.25) is 0 Å². The molecule has 0 radical (unpaired) electrons. The van der Waals surface area contributed by atoms with Gasteiger partial charge in [0.15, 0.2) is 5.82 Å². The minimum absolute atomic E-state index is 0.322. The summed E-state index contributed by atoms with van der Waals surface area (Å²) in [5.74, 6) is 1.91. The lowest BCUT2D eigenvalue weighted by Crippen LogP contribution is -2.30. The average molecular weight is 271 g/mol. The highest BCUT2D eigenvalue weighted by atomic mass is 16.5. The third-order valence-electron chi connectivity index (χ3n) is 4.06. The molecular weight excluding hydrogens is 250 g/mol. The van der Waals surface area contributed by atoms with Crippen LogP contribution < -0.4 is 5.32 Å². The van der Waals surface area contributed by atoms with Gasteiger partial charge in [0.1, 0.15) is 0 Å². The average Bonchev–Trinajstić information content (AvgIpc) is 2.88. The van der Waals surface area contributed by atoms with Gasteiger partial charge in [-0.25, -0.2) is 0 Å². The maximum atomic E-state index is 5.41. The Morgan fingerprint density at radius 2 is 2.20 bits per heavy atom. The van der Waals surface area contributed by atoms with Crippen LogP contribution in [0.25, 0.3) is 0 Å². The molecule has 0 bridgehead atoms. The number of nitrogens with one attached hydrogen (secondary N) is 1. The Kier molecular flexibility index (Phi) is 3.83. The third-order valence-corrected chi connectivity index (χ3v) is 4.06. The van der Waals surface area contributed by atoms with Gasteiger partial charge < -0.3 is 9.84 Å². The zero-order valence-electron chi connectivity index (χ0n) is 12.1. The van der Waals surface area contributed by atoms with Gasteiger partial charge >= 0.3 is 0 Å². The Morgan fingerprint density at radius 3 is 2.95 bits per heavy atom. The Hall–Kier alpha value is -1.68. The summed E-state index contributed by atoms with van der Waals surface area (Å²) in [7, 11) is 0. The summed E-state index contributed by atoms with van der Waals surface area (Å²) in [6.07, 6.45) is 2.91. The molecule has 1 heterocycles. The number of hydrogen-bond donors (Lipinski definition) is 1. The lowest BCUT2D eigenvalue weighted by Gasteiger charge is -2.27. The van der Waals surface area contributed by atoms with Gasteiger partial charge in [-0.05, 0) is 30.5 Å². The van der Waals surface area contributed by atoms with Crippen LogP contribution in [0, 0.1) is 0 Å². The van der Waals surface area contributed by atoms with Gasteiger partial charge in [-0.1, -0.05) is 43.3 Å². The summed E-state index contributed by atoms with van der Waals surface area (Å²) in [5, 5.41) is 7.61. The van der Waals surface area contributed by atoms with E-state index < -0.39 is 0 Å². The molecule has 0 aliphatic heterocycles. The molecule has 3 rings (SSSR count). The first kappa shape index (κ1) is 13.3. The third kappa shape index (κ3) is 2.48. The van der Waals surface area contributed by atoms with Crippen molar-refractivity contribution in [3.05, 3.63) is 47.1 Å². The molecule has 4 nitrogen and oxygen atoms in total. The molecule has 2 unspecified atom stereocenters. The first-order valence-electron chi connectivity index (χ1n) is 7.45. The van der Waals surface area contributed by atoms with Crippen LogP contribution in [0.1, 0.15) is 49.0 Å². The quantitative estimate of drug-likeness (QED) is 0.877. The SMILES string of the molecule is CCNC(CC)Cc1nc(C2Cc3ccccc32)no1. The monoisotopic (exact) mass is 271 g/mol. The molecule has 1 aliphatic carbocycles. The highest BCUT2D eigenvalue weighted by Gasteiger charge is 2.31. The van der Waals surface area contributed by atoms with E-state index in [1.54, 1.807) is 0 Å². The molecule has 1 aliphatic rings. The number of aromatic nitrogens is 2. The van der Waals surface area contributed by atoms with Crippen molar-refractivity contribution >= 4 is 0 Å². The zero-order chi connectivity index (χ0) is 13.9. The largest absolute Gasteiger partial charge is 0.339 e. The molecule has 4 heteroatoms. The fraction of sp³-hybridized carbons (Fsp3) is 0.500. The first-order valence-corrected chi connectivity index (χ1v) is 7.45. The normalized spacial score (nSPS) is 18.4. The van der Waals surface area contributed by atoms with Crippen LogP contribution in [0.5, 0.6) is 0 Å². The molecular formula is C16H21N3O. The Balaban J connectivity index is 1.69. The van der Waals surface area contributed by atoms with E-state index >= 15 is 0 Å². The summed E-state index contributed by atoms with van der Waals surface area (Å²) >= 11 is 0. The molecule has 1 aromatic carbocycles. The molecule has 2 aromatic rings. The van der Waals surface area contributed by atoms with Gasteiger partial charge in [0.05, 0.1) is 5.92 Å². The predicted octanol–water partition coefficient (Wildman–Crippen LogP) is 2.69. The highest BCUT2D eigenvalue weighted by molar-refractivity contribution is 5.43. The van der Waals surface area contributed by atoms with E-state index in [2.05, 4.69) is 53.6 Å². The van der Waals surface area contributed by atoms with E-state index in [0.29, 0.717) is 12.0 Å². The second-order valence-corrected chi connectivity index (χ2v) is 5.37. The van der Waals surface area contributed by atoms with Crippen LogP contribution in [-0.4, -0.2) is 22.7 Å². The van der Waals surface area contributed by atoms with Gasteiger partial charge in [-0.15, -0.1) is 0 Å². The van der Waals surface area contributed by atoms with Gasteiger partial charge in [-0.2, -0.15) is 4.98 Å². The topological polar surface area (TPSA) is 51.0 Å². The van der Waals surface area contributed by atoms with Crippen molar-refractivity contribution in [1.29, 1.82) is 0 Å². The van der Waals surface area contributed by atoms with Crippen LogP contribution >= 0.6 is 0 Å². The van der Waals surface area contributed by atoms with Gasteiger partial charge in [0, 0.05) is 12.5 Å². The molecule has 20 heavy (non-hydrogen) atoms. The molecule has 0 saturated carbocycles. The molecule has 1 aromatic heterocycles. The lowest BCUT2D eigenvalue weighted by atomic mass is 9.77. The lowest BCUT2D eigenvalue weighted by molar-refractivity contribution is 0.349. The number of benzene rings is 1. The van der Waals surface area contributed by atoms with E-state index in [4.69, 9.17) is 4.52 Å². The summed E-state index contributed by atoms with van der Waals surface area (Å²) in [5.41, 5.74) is 2.75. The van der Waals surface area contributed by atoms with Crippen LogP contribution in [0.3, 0.4) is 0 Å². The molecule has 0 spiro atoms. The van der Waals surface area contributed by atoms with E-state index in [1.165, 1.54) is 11.1 Å². The maximum absolute atomic E-state index is 5.41. The second-order valence-electron chi connectivity index (χ2n) is 5.37. The second kappa shape index (κ2) is 5.75. The van der Waals surface area contributed by atoms with Crippen molar-refractivity contribution in [3.63, 3.8) is 0 Å². The van der Waals surface area contributed by atoms with Crippen molar-refractivity contribution in [3.8, 4) is 0 Å². The van der Waals surface area contributed by atoms with E-state index in [9.17, 15) is 0 Å². The molecule has 0 saturated heterocycles. The number of likely N-dealkylation sites (N-methyl/N-ethyl adjacent to an activating group) is 1. The smallest absolute Gasteiger partial charge is 0.228 e. The van der Waals surface area contributed by atoms with E-state index in [-0.39, 0.29) is 0 Å². The predicted molar refractivity (Wildman–Crippen MR) is 77.7 cm³/mol. The first-order chi connectivity index (χ1) is 9.81. The number of hydrogen-bond acceptors (Lipinski definition) is 4. The van der Waals surface area contributed by atoms with Crippen LogP contribution in [0.4, 0.5) is 0 Å². The van der Waals surface area contributed by atoms with Crippen LogP contribution in [-0.2, 0) is 12.8 Å².